The third-order valence-electron chi connectivity index (χ3n) is 6.17. The number of nitrogens with zero attached hydrogens (tertiary/aromatic N) is 2. The predicted molar refractivity (Wildman–Crippen MR) is 105 cm³/mol. The van der Waals surface area contributed by atoms with Gasteiger partial charge in [-0.15, -0.1) is 0 Å². The van der Waals surface area contributed by atoms with E-state index in [0.29, 0.717) is 6.54 Å². The molecule has 0 N–H and O–H groups in total. The molecule has 0 radical (unpaired) electrons. The van der Waals surface area contributed by atoms with Gasteiger partial charge in [-0.3, -0.25) is 0 Å². The Bertz CT molecular complexity index is 1290. The van der Waals surface area contributed by atoms with Crippen LogP contribution >= 0.6 is 0 Å². The van der Waals surface area contributed by atoms with E-state index in [2.05, 4.69) is 59.2 Å². The largest absolute Gasteiger partial charge is 0.345 e. The zero-order chi connectivity index (χ0) is 18.0. The third-order valence-corrected chi connectivity index (χ3v) is 6.17. The van der Waals surface area contributed by atoms with E-state index in [9.17, 15) is 4.79 Å². The first-order valence-corrected chi connectivity index (χ1v) is 9.51. The molecule has 1 atom stereocenters. The zero-order valence-corrected chi connectivity index (χ0v) is 14.9. The molecule has 0 aliphatic carbocycles. The Kier molecular flexibility index (Phi) is 2.98. The molecule has 2 aliphatic heterocycles. The van der Waals surface area contributed by atoms with Crippen molar-refractivity contribution in [2.75, 3.05) is 0 Å². The fourth-order valence-corrected chi connectivity index (χ4v) is 4.93. The van der Waals surface area contributed by atoms with Crippen molar-refractivity contribution in [1.29, 1.82) is 0 Å². The van der Waals surface area contributed by atoms with Crippen LogP contribution in [0.4, 0.5) is 0 Å². The van der Waals surface area contributed by atoms with E-state index in [0.717, 1.165) is 29.7 Å². The van der Waals surface area contributed by atoms with Gasteiger partial charge >= 0.3 is 5.56 Å². The molecular formula is C24H19N2O+. The van der Waals surface area contributed by atoms with Crippen molar-refractivity contribution in [2.45, 2.75) is 25.4 Å². The first-order valence-electron chi connectivity index (χ1n) is 9.51. The van der Waals surface area contributed by atoms with E-state index in [1.165, 1.54) is 22.3 Å². The lowest BCUT2D eigenvalue weighted by Gasteiger charge is -2.25. The van der Waals surface area contributed by atoms with E-state index in [1.807, 2.05) is 22.8 Å². The lowest BCUT2D eigenvalue weighted by atomic mass is 9.85. The fraction of sp³-hybridized carbons (Fsp3) is 0.167. The molecule has 3 heteroatoms. The lowest BCUT2D eigenvalue weighted by Crippen LogP contribution is -2.51. The summed E-state index contributed by atoms with van der Waals surface area (Å²) < 4.78 is 4.39. The minimum Gasteiger partial charge on any atom is -0.241 e. The van der Waals surface area contributed by atoms with Crippen LogP contribution in [0.3, 0.4) is 0 Å². The van der Waals surface area contributed by atoms with E-state index in [4.69, 9.17) is 0 Å². The Hall–Kier alpha value is -3.20. The Labute approximate surface area is 157 Å². The summed E-state index contributed by atoms with van der Waals surface area (Å²) in [5.74, 6) is 1.35. The highest BCUT2D eigenvalue weighted by atomic mass is 16.1. The van der Waals surface area contributed by atoms with Crippen LogP contribution in [-0.2, 0) is 19.5 Å². The molecule has 3 heterocycles. The molecule has 0 saturated carbocycles. The highest BCUT2D eigenvalue weighted by Gasteiger charge is 2.39. The van der Waals surface area contributed by atoms with Gasteiger partial charge in [0.25, 0.3) is 5.82 Å². The number of hydrogen-bond acceptors (Lipinski definition) is 1. The minimum absolute atomic E-state index is 0.123. The van der Waals surface area contributed by atoms with Crippen molar-refractivity contribution in [1.82, 2.24) is 4.57 Å². The summed E-state index contributed by atoms with van der Waals surface area (Å²) in [6.07, 6.45) is 0.935. The van der Waals surface area contributed by atoms with Crippen LogP contribution in [0, 0.1) is 0 Å². The predicted octanol–water partition coefficient (Wildman–Crippen LogP) is 3.39. The van der Waals surface area contributed by atoms with Crippen molar-refractivity contribution < 1.29 is 4.57 Å². The second-order valence-electron chi connectivity index (χ2n) is 7.58. The minimum atomic E-state index is 0.123. The fourth-order valence-electron chi connectivity index (χ4n) is 4.93. The van der Waals surface area contributed by atoms with Crippen molar-refractivity contribution >= 4 is 10.9 Å². The number of para-hydroxylation sites is 1. The van der Waals surface area contributed by atoms with Crippen LogP contribution in [0.25, 0.3) is 10.9 Å². The smallest absolute Gasteiger partial charge is 0.241 e. The zero-order valence-electron chi connectivity index (χ0n) is 14.9. The van der Waals surface area contributed by atoms with Gasteiger partial charge in [0.2, 0.25) is 0 Å². The maximum Gasteiger partial charge on any atom is 0.345 e. The van der Waals surface area contributed by atoms with Gasteiger partial charge in [-0.2, -0.15) is 4.57 Å². The molecule has 0 saturated heterocycles. The van der Waals surface area contributed by atoms with Crippen molar-refractivity contribution in [3.63, 3.8) is 0 Å². The average molecular weight is 351 g/mol. The van der Waals surface area contributed by atoms with Gasteiger partial charge in [0.15, 0.2) is 0 Å². The van der Waals surface area contributed by atoms with Gasteiger partial charge in [0.1, 0.15) is 24.0 Å². The van der Waals surface area contributed by atoms with Crippen molar-refractivity contribution in [2.24, 2.45) is 0 Å². The van der Waals surface area contributed by atoms with Gasteiger partial charge < -0.3 is 0 Å². The molecule has 1 unspecified atom stereocenters. The Balaban J connectivity index is 1.77. The molecule has 6 rings (SSSR count). The quantitative estimate of drug-likeness (QED) is 0.446. The lowest BCUT2D eigenvalue weighted by molar-refractivity contribution is -0.678. The van der Waals surface area contributed by atoms with E-state index in [-0.39, 0.29) is 11.5 Å². The van der Waals surface area contributed by atoms with Crippen molar-refractivity contribution in [3.05, 3.63) is 111 Å². The van der Waals surface area contributed by atoms with Gasteiger partial charge in [-0.05, 0) is 40.8 Å². The van der Waals surface area contributed by atoms with Crippen molar-refractivity contribution in [3.8, 4) is 0 Å². The number of aromatic nitrogens is 2. The Morgan fingerprint density at radius 3 is 2.41 bits per heavy atom. The van der Waals surface area contributed by atoms with Crippen LogP contribution in [0.15, 0.2) is 77.6 Å². The summed E-state index contributed by atoms with van der Waals surface area (Å²) in [5.41, 5.74) is 6.48. The Morgan fingerprint density at radius 2 is 1.52 bits per heavy atom. The normalized spacial score (nSPS) is 17.0. The first kappa shape index (κ1) is 14.9. The molecule has 0 bridgehead atoms. The van der Waals surface area contributed by atoms with Crippen LogP contribution in [0.2, 0.25) is 0 Å². The standard InChI is InChI=1S/C24H19N2O/c27-24-20-11-5-6-12-22(20)25-15-18-9-3-4-10-19(18)21-13-16-7-1-2-8-17(16)14-26(24)23(21)25/h1-12,21H,13-15H2/q+1. The summed E-state index contributed by atoms with van der Waals surface area (Å²) in [5, 5.41) is 0.804. The molecule has 3 nitrogen and oxygen atoms in total. The number of rotatable bonds is 0. The summed E-state index contributed by atoms with van der Waals surface area (Å²) in [6.45, 7) is 1.47. The third kappa shape index (κ3) is 2.02. The van der Waals surface area contributed by atoms with Gasteiger partial charge in [-0.25, -0.2) is 9.36 Å². The summed E-state index contributed by atoms with van der Waals surface area (Å²) in [7, 11) is 0. The number of hydrogen-bond donors (Lipinski definition) is 0. The summed E-state index contributed by atoms with van der Waals surface area (Å²) >= 11 is 0. The van der Waals surface area contributed by atoms with Gasteiger partial charge in [-0.1, -0.05) is 60.7 Å². The molecule has 0 fully saturated rings. The van der Waals surface area contributed by atoms with E-state index < -0.39 is 0 Å². The molecule has 4 aromatic rings. The monoisotopic (exact) mass is 351 g/mol. The molecule has 0 amide bonds. The second-order valence-corrected chi connectivity index (χ2v) is 7.58. The molecule has 1 aromatic heterocycles. The summed E-state index contributed by atoms with van der Waals surface area (Å²) in [6, 6.07) is 25.3. The highest BCUT2D eigenvalue weighted by molar-refractivity contribution is 5.74. The molecule has 0 spiro atoms. The molecule has 27 heavy (non-hydrogen) atoms. The topological polar surface area (TPSA) is 25.9 Å². The molecular weight excluding hydrogens is 332 g/mol. The highest BCUT2D eigenvalue weighted by Crippen LogP contribution is 2.35. The van der Waals surface area contributed by atoms with Crippen LogP contribution in [0.5, 0.6) is 0 Å². The maximum atomic E-state index is 13.4. The first-order chi connectivity index (χ1) is 13.3. The van der Waals surface area contributed by atoms with Crippen LogP contribution in [0.1, 0.15) is 34.0 Å². The van der Waals surface area contributed by atoms with Gasteiger partial charge in [0.05, 0.1) is 5.92 Å². The molecule has 2 aliphatic rings. The number of fused-ring (bicyclic) bond motifs is 5. The molecule has 3 aromatic carbocycles. The SMILES string of the molecule is O=c1c2ccccc2[n+]2c3n1Cc1ccccc1CC3c1ccccc1C2. The second kappa shape index (κ2) is 5.40. The number of benzene rings is 3. The van der Waals surface area contributed by atoms with E-state index >= 15 is 0 Å². The van der Waals surface area contributed by atoms with Crippen LogP contribution in [-0.4, -0.2) is 4.57 Å². The Morgan fingerprint density at radius 1 is 0.815 bits per heavy atom. The van der Waals surface area contributed by atoms with E-state index in [1.54, 1.807) is 0 Å². The average Bonchev–Trinajstić information content (AvgIpc) is 2.89. The maximum absolute atomic E-state index is 13.4. The molecule has 130 valence electrons. The summed E-state index contributed by atoms with van der Waals surface area (Å²) in [4.78, 5) is 13.4. The van der Waals surface area contributed by atoms with Crippen LogP contribution < -0.4 is 10.1 Å². The van der Waals surface area contributed by atoms with Gasteiger partial charge in [0, 0.05) is 0 Å².